The summed E-state index contributed by atoms with van der Waals surface area (Å²) in [5.74, 6) is -0.0141. The fourth-order valence-corrected chi connectivity index (χ4v) is 1.97. The Morgan fingerprint density at radius 3 is 2.75 bits per heavy atom. The van der Waals surface area contributed by atoms with Crippen LogP contribution in [0.4, 0.5) is 0 Å². The van der Waals surface area contributed by atoms with E-state index in [1.54, 1.807) is 36.0 Å². The van der Waals surface area contributed by atoms with Crippen LogP contribution < -0.4 is 10.5 Å². The maximum Gasteiger partial charge on any atom is 0.252 e. The lowest BCUT2D eigenvalue weighted by Gasteiger charge is -2.07. The van der Waals surface area contributed by atoms with E-state index in [0.29, 0.717) is 17.1 Å². The molecule has 0 fully saturated rings. The van der Waals surface area contributed by atoms with Crippen LogP contribution in [0.5, 0.6) is 5.88 Å². The number of fused-ring (bicyclic) bond motifs is 1. The first-order valence-corrected chi connectivity index (χ1v) is 5.83. The topological polar surface area (TPSA) is 95.4 Å². The molecule has 0 aliphatic rings. The number of carbonyl (C=O) groups is 1. The van der Waals surface area contributed by atoms with E-state index >= 15 is 0 Å². The number of hydrogen-bond donors (Lipinski definition) is 1. The molecule has 0 aliphatic heterocycles. The van der Waals surface area contributed by atoms with Gasteiger partial charge in [0, 0.05) is 17.8 Å². The average Bonchev–Trinajstić information content (AvgIpc) is 2.95. The summed E-state index contributed by atoms with van der Waals surface area (Å²) in [6.45, 7) is 0. The Bertz CT molecular complexity index is 779. The van der Waals surface area contributed by atoms with E-state index in [1.807, 2.05) is 6.07 Å². The molecule has 1 amide bonds. The van der Waals surface area contributed by atoms with Crippen LogP contribution in [0.15, 0.2) is 36.8 Å². The third-order valence-electron chi connectivity index (χ3n) is 2.93. The van der Waals surface area contributed by atoms with Crippen molar-refractivity contribution in [3.63, 3.8) is 0 Å². The molecule has 0 atom stereocenters. The zero-order valence-corrected chi connectivity index (χ0v) is 10.6. The smallest absolute Gasteiger partial charge is 0.252 e. The van der Waals surface area contributed by atoms with Crippen LogP contribution in [0.3, 0.4) is 0 Å². The number of nitrogens with zero attached hydrogens (tertiary/aromatic N) is 4. The highest BCUT2D eigenvalue weighted by atomic mass is 16.5. The van der Waals surface area contributed by atoms with Gasteiger partial charge in [-0.2, -0.15) is 5.10 Å². The SMILES string of the molecule is COc1ccc(-c2ccc(C(N)=O)c3ncnn23)cn1. The van der Waals surface area contributed by atoms with Gasteiger partial charge in [0.25, 0.3) is 5.91 Å². The Labute approximate surface area is 114 Å². The van der Waals surface area contributed by atoms with Crippen LogP contribution in [0.2, 0.25) is 0 Å². The Hall–Kier alpha value is -2.96. The van der Waals surface area contributed by atoms with Crippen LogP contribution >= 0.6 is 0 Å². The molecule has 7 heteroatoms. The van der Waals surface area contributed by atoms with Crippen molar-refractivity contribution in [1.82, 2.24) is 19.6 Å². The summed E-state index contributed by atoms with van der Waals surface area (Å²) in [7, 11) is 1.55. The fraction of sp³-hybridized carbons (Fsp3) is 0.0769. The van der Waals surface area contributed by atoms with Gasteiger partial charge in [0.05, 0.1) is 18.4 Å². The zero-order chi connectivity index (χ0) is 14.1. The summed E-state index contributed by atoms with van der Waals surface area (Å²) in [6, 6.07) is 6.99. The van der Waals surface area contributed by atoms with Crippen molar-refractivity contribution in [3.8, 4) is 17.1 Å². The molecule has 0 bridgehead atoms. The van der Waals surface area contributed by atoms with E-state index in [4.69, 9.17) is 10.5 Å². The van der Waals surface area contributed by atoms with Gasteiger partial charge < -0.3 is 10.5 Å². The summed E-state index contributed by atoms with van der Waals surface area (Å²) < 4.78 is 6.58. The van der Waals surface area contributed by atoms with Gasteiger partial charge in [0.2, 0.25) is 5.88 Å². The predicted molar refractivity (Wildman–Crippen MR) is 71.3 cm³/mol. The van der Waals surface area contributed by atoms with Crippen molar-refractivity contribution < 1.29 is 9.53 Å². The first-order valence-electron chi connectivity index (χ1n) is 5.83. The standard InChI is InChI=1S/C13H11N5O2/c1-20-11-5-2-8(6-15-11)10-4-3-9(12(14)19)13-16-7-17-18(10)13/h2-7H,1H3,(H2,14,19). The van der Waals surface area contributed by atoms with Crippen LogP contribution in [0.1, 0.15) is 10.4 Å². The number of hydrogen-bond acceptors (Lipinski definition) is 5. The number of methoxy groups -OCH3 is 1. The van der Waals surface area contributed by atoms with Crippen LogP contribution in [0, 0.1) is 0 Å². The van der Waals surface area contributed by atoms with Gasteiger partial charge >= 0.3 is 0 Å². The van der Waals surface area contributed by atoms with Gasteiger partial charge in [0.1, 0.15) is 6.33 Å². The number of rotatable bonds is 3. The monoisotopic (exact) mass is 269 g/mol. The molecule has 3 rings (SSSR count). The average molecular weight is 269 g/mol. The molecule has 100 valence electrons. The molecule has 20 heavy (non-hydrogen) atoms. The molecule has 3 aromatic heterocycles. The zero-order valence-electron chi connectivity index (χ0n) is 10.6. The van der Waals surface area contributed by atoms with E-state index in [2.05, 4.69) is 15.1 Å². The lowest BCUT2D eigenvalue weighted by molar-refractivity contribution is 0.100. The highest BCUT2D eigenvalue weighted by Crippen LogP contribution is 2.22. The summed E-state index contributed by atoms with van der Waals surface area (Å²) in [5, 5.41) is 4.12. The number of nitrogens with two attached hydrogens (primary N) is 1. The van der Waals surface area contributed by atoms with Gasteiger partial charge in [-0.05, 0) is 18.2 Å². The molecule has 0 spiro atoms. The van der Waals surface area contributed by atoms with Gasteiger partial charge in [-0.25, -0.2) is 14.5 Å². The molecule has 3 aromatic rings. The van der Waals surface area contributed by atoms with E-state index in [0.717, 1.165) is 11.3 Å². The van der Waals surface area contributed by atoms with Crippen molar-refractivity contribution >= 4 is 11.6 Å². The molecule has 0 radical (unpaired) electrons. The second-order valence-electron chi connectivity index (χ2n) is 4.08. The van der Waals surface area contributed by atoms with E-state index in [-0.39, 0.29) is 0 Å². The maximum atomic E-state index is 11.4. The number of pyridine rings is 2. The predicted octanol–water partition coefficient (Wildman–Crippen LogP) is 0.899. The lowest BCUT2D eigenvalue weighted by atomic mass is 10.1. The van der Waals surface area contributed by atoms with Crippen molar-refractivity contribution in [3.05, 3.63) is 42.4 Å². The molecule has 2 N–H and O–H groups in total. The molecule has 0 unspecified atom stereocenters. The summed E-state index contributed by atoms with van der Waals surface area (Å²) in [5.41, 5.74) is 7.66. The second kappa shape index (κ2) is 4.61. The summed E-state index contributed by atoms with van der Waals surface area (Å²) >= 11 is 0. The van der Waals surface area contributed by atoms with Gasteiger partial charge in [-0.3, -0.25) is 4.79 Å². The second-order valence-corrected chi connectivity index (χ2v) is 4.08. The number of primary amides is 1. The Kier molecular flexibility index (Phi) is 2.79. The lowest BCUT2D eigenvalue weighted by Crippen LogP contribution is -2.13. The number of aromatic nitrogens is 4. The normalized spacial score (nSPS) is 10.7. The van der Waals surface area contributed by atoms with E-state index in [9.17, 15) is 4.79 Å². The first-order chi connectivity index (χ1) is 9.70. The quantitative estimate of drug-likeness (QED) is 0.762. The van der Waals surface area contributed by atoms with Crippen LogP contribution in [-0.4, -0.2) is 32.6 Å². The Morgan fingerprint density at radius 2 is 2.10 bits per heavy atom. The van der Waals surface area contributed by atoms with E-state index < -0.39 is 5.91 Å². The van der Waals surface area contributed by atoms with Crippen LogP contribution in [0.25, 0.3) is 16.9 Å². The van der Waals surface area contributed by atoms with Crippen molar-refractivity contribution in [2.45, 2.75) is 0 Å². The molecule has 0 saturated carbocycles. The Balaban J connectivity index is 2.19. The largest absolute Gasteiger partial charge is 0.481 e. The fourth-order valence-electron chi connectivity index (χ4n) is 1.97. The molecule has 0 aromatic carbocycles. The van der Waals surface area contributed by atoms with Gasteiger partial charge in [-0.15, -0.1) is 0 Å². The molecular weight excluding hydrogens is 258 g/mol. The third kappa shape index (κ3) is 1.85. The van der Waals surface area contributed by atoms with Crippen molar-refractivity contribution in [2.75, 3.05) is 7.11 Å². The molecule has 0 saturated heterocycles. The molecule has 0 aliphatic carbocycles. The minimum absolute atomic E-state index is 0.327. The van der Waals surface area contributed by atoms with Crippen molar-refractivity contribution in [1.29, 1.82) is 0 Å². The highest BCUT2D eigenvalue weighted by Gasteiger charge is 2.13. The molecule has 3 heterocycles. The molecular formula is C13H11N5O2. The third-order valence-corrected chi connectivity index (χ3v) is 2.93. The van der Waals surface area contributed by atoms with Crippen LogP contribution in [-0.2, 0) is 0 Å². The minimum Gasteiger partial charge on any atom is -0.481 e. The van der Waals surface area contributed by atoms with Crippen molar-refractivity contribution in [2.24, 2.45) is 5.73 Å². The summed E-state index contributed by atoms with van der Waals surface area (Å²) in [6.07, 6.45) is 3.04. The highest BCUT2D eigenvalue weighted by molar-refractivity contribution is 5.99. The minimum atomic E-state index is -0.539. The maximum absolute atomic E-state index is 11.4. The number of ether oxygens (including phenoxy) is 1. The number of carbonyl (C=O) groups excluding carboxylic acids is 1. The van der Waals surface area contributed by atoms with Gasteiger partial charge in [0.15, 0.2) is 5.65 Å². The Morgan fingerprint density at radius 1 is 1.25 bits per heavy atom. The summed E-state index contributed by atoms with van der Waals surface area (Å²) in [4.78, 5) is 19.6. The number of amides is 1. The van der Waals surface area contributed by atoms with E-state index in [1.165, 1.54) is 6.33 Å². The molecule has 7 nitrogen and oxygen atoms in total. The van der Waals surface area contributed by atoms with Gasteiger partial charge in [-0.1, -0.05) is 0 Å². The first kappa shape index (κ1) is 12.1.